The summed E-state index contributed by atoms with van der Waals surface area (Å²) in [4.78, 5) is 15.9. The number of ether oxygens (including phenoxy) is 1. The lowest BCUT2D eigenvalue weighted by atomic mass is 10.2. The number of aromatic nitrogens is 6. The normalized spacial score (nSPS) is 10.6. The fraction of sp³-hybridized carbons (Fsp3) is 0.0833. The summed E-state index contributed by atoms with van der Waals surface area (Å²) < 4.78 is 7.80. The molecule has 0 unspecified atom stereocenters. The van der Waals surface area contributed by atoms with Gasteiger partial charge in [0.15, 0.2) is 0 Å². The number of halogens is 1. The van der Waals surface area contributed by atoms with Crippen LogP contribution < -0.4 is 10.5 Å². The van der Waals surface area contributed by atoms with E-state index >= 15 is 0 Å². The van der Waals surface area contributed by atoms with E-state index in [0.717, 1.165) is 10.0 Å². The number of hydrogen-bond acceptors (Lipinski definition) is 7. The van der Waals surface area contributed by atoms with Crippen molar-refractivity contribution in [2.45, 2.75) is 6.92 Å². The van der Waals surface area contributed by atoms with E-state index in [0.29, 0.717) is 5.75 Å². The molecular formula is C12H10BrN7O. The minimum absolute atomic E-state index is 0.0359. The molecule has 2 heterocycles. The van der Waals surface area contributed by atoms with E-state index in [1.807, 2.05) is 25.1 Å². The molecule has 3 rings (SSSR count). The van der Waals surface area contributed by atoms with Gasteiger partial charge in [-0.3, -0.25) is 0 Å². The van der Waals surface area contributed by atoms with Gasteiger partial charge < -0.3 is 10.5 Å². The molecule has 21 heavy (non-hydrogen) atoms. The van der Waals surface area contributed by atoms with Gasteiger partial charge in [-0.2, -0.15) is 24.7 Å². The molecule has 0 amide bonds. The van der Waals surface area contributed by atoms with Crippen molar-refractivity contribution in [2.24, 2.45) is 0 Å². The maximum atomic E-state index is 5.67. The van der Waals surface area contributed by atoms with Crippen LogP contribution in [0.15, 0.2) is 35.3 Å². The lowest BCUT2D eigenvalue weighted by Crippen LogP contribution is -2.08. The van der Waals surface area contributed by atoms with Crippen LogP contribution in [-0.2, 0) is 0 Å². The van der Waals surface area contributed by atoms with Crippen LogP contribution in [0.4, 0.5) is 5.95 Å². The van der Waals surface area contributed by atoms with E-state index in [4.69, 9.17) is 10.5 Å². The highest BCUT2D eigenvalue weighted by Crippen LogP contribution is 2.29. The zero-order valence-corrected chi connectivity index (χ0v) is 12.5. The summed E-state index contributed by atoms with van der Waals surface area (Å²) in [6.07, 6.45) is 2.83. The van der Waals surface area contributed by atoms with Crippen LogP contribution in [0.25, 0.3) is 5.95 Å². The number of nitrogens with two attached hydrogens (primary N) is 1. The zero-order chi connectivity index (χ0) is 14.8. The first-order valence-electron chi connectivity index (χ1n) is 5.92. The first kappa shape index (κ1) is 13.4. The molecule has 0 saturated heterocycles. The predicted octanol–water partition coefficient (Wildman–Crippen LogP) is 1.90. The number of hydrogen-bond donors (Lipinski definition) is 1. The van der Waals surface area contributed by atoms with Crippen LogP contribution in [0.5, 0.6) is 11.8 Å². The van der Waals surface area contributed by atoms with Gasteiger partial charge in [0.2, 0.25) is 5.95 Å². The minimum Gasteiger partial charge on any atom is -0.423 e. The maximum absolute atomic E-state index is 5.67. The highest BCUT2D eigenvalue weighted by Gasteiger charge is 2.10. The van der Waals surface area contributed by atoms with Gasteiger partial charge in [-0.15, -0.1) is 0 Å². The van der Waals surface area contributed by atoms with Crippen LogP contribution in [0.2, 0.25) is 0 Å². The predicted molar refractivity (Wildman–Crippen MR) is 78.1 cm³/mol. The van der Waals surface area contributed by atoms with Gasteiger partial charge in [-0.05, 0) is 40.5 Å². The van der Waals surface area contributed by atoms with E-state index in [9.17, 15) is 0 Å². The Morgan fingerprint density at radius 2 is 2.10 bits per heavy atom. The van der Waals surface area contributed by atoms with Crippen molar-refractivity contribution in [1.82, 2.24) is 29.7 Å². The van der Waals surface area contributed by atoms with Gasteiger partial charge in [0.25, 0.3) is 5.95 Å². The summed E-state index contributed by atoms with van der Waals surface area (Å²) >= 11 is 3.43. The van der Waals surface area contributed by atoms with Gasteiger partial charge >= 0.3 is 6.01 Å². The molecule has 2 N–H and O–H groups in total. The molecule has 0 saturated carbocycles. The molecule has 8 nitrogen and oxygen atoms in total. The van der Waals surface area contributed by atoms with Crippen molar-refractivity contribution >= 4 is 21.9 Å². The number of anilines is 1. The van der Waals surface area contributed by atoms with E-state index in [1.54, 1.807) is 0 Å². The zero-order valence-electron chi connectivity index (χ0n) is 10.9. The summed E-state index contributed by atoms with van der Waals surface area (Å²) in [6.45, 7) is 1.98. The SMILES string of the molecule is Cc1ccc(Oc2nc(N)nc(-n3cncn3)n2)c(Br)c1. The lowest BCUT2D eigenvalue weighted by Gasteiger charge is -2.08. The first-order valence-corrected chi connectivity index (χ1v) is 6.71. The van der Waals surface area contributed by atoms with Gasteiger partial charge in [-0.25, -0.2) is 4.98 Å². The third kappa shape index (κ3) is 2.97. The molecule has 0 spiro atoms. The molecule has 0 bridgehead atoms. The van der Waals surface area contributed by atoms with E-state index < -0.39 is 0 Å². The Morgan fingerprint density at radius 1 is 1.24 bits per heavy atom. The average molecular weight is 348 g/mol. The van der Waals surface area contributed by atoms with E-state index in [-0.39, 0.29) is 17.9 Å². The number of rotatable bonds is 3. The fourth-order valence-electron chi connectivity index (χ4n) is 1.61. The van der Waals surface area contributed by atoms with Crippen LogP contribution in [-0.4, -0.2) is 29.7 Å². The molecule has 0 aliphatic carbocycles. The molecule has 0 atom stereocenters. The molecule has 2 aromatic heterocycles. The first-order chi connectivity index (χ1) is 10.1. The molecule has 1 aromatic carbocycles. The lowest BCUT2D eigenvalue weighted by molar-refractivity contribution is 0.436. The Balaban J connectivity index is 1.95. The van der Waals surface area contributed by atoms with Crippen LogP contribution in [0.3, 0.4) is 0 Å². The number of aryl methyl sites for hydroxylation is 1. The molecule has 0 fully saturated rings. The van der Waals surface area contributed by atoms with Crippen molar-refractivity contribution in [1.29, 1.82) is 0 Å². The largest absolute Gasteiger partial charge is 0.423 e. The summed E-state index contributed by atoms with van der Waals surface area (Å²) in [6, 6.07) is 5.74. The third-order valence-corrected chi connectivity index (χ3v) is 3.15. The van der Waals surface area contributed by atoms with Crippen molar-refractivity contribution in [3.63, 3.8) is 0 Å². The smallest absolute Gasteiger partial charge is 0.328 e. The van der Waals surface area contributed by atoms with Crippen LogP contribution in [0, 0.1) is 6.92 Å². The van der Waals surface area contributed by atoms with Crippen molar-refractivity contribution in [3.8, 4) is 17.7 Å². The second-order valence-electron chi connectivity index (χ2n) is 4.15. The Labute approximate surface area is 128 Å². The van der Waals surface area contributed by atoms with Crippen LogP contribution in [0.1, 0.15) is 5.56 Å². The molecule has 106 valence electrons. The standard InChI is InChI=1S/C12H10BrN7O/c1-7-2-3-9(8(13)4-7)21-12-18-10(14)17-11(19-12)20-6-15-5-16-20/h2-6H,1H3,(H2,14,17,18,19). The van der Waals surface area contributed by atoms with E-state index in [2.05, 4.69) is 41.0 Å². The Bertz CT molecular complexity index is 775. The van der Waals surface area contributed by atoms with Gasteiger partial charge in [0.1, 0.15) is 18.4 Å². The Hall–Kier alpha value is -2.55. The Kier molecular flexibility index (Phi) is 3.48. The summed E-state index contributed by atoms with van der Waals surface area (Å²) in [5.74, 6) is 0.850. The second kappa shape index (κ2) is 5.44. The minimum atomic E-state index is 0.0359. The monoisotopic (exact) mass is 347 g/mol. The van der Waals surface area contributed by atoms with E-state index in [1.165, 1.54) is 17.3 Å². The number of nitrogens with zero attached hydrogens (tertiary/aromatic N) is 6. The summed E-state index contributed by atoms with van der Waals surface area (Å²) in [5.41, 5.74) is 6.77. The molecular weight excluding hydrogens is 338 g/mol. The fourth-order valence-corrected chi connectivity index (χ4v) is 2.18. The molecule has 9 heteroatoms. The van der Waals surface area contributed by atoms with Crippen molar-refractivity contribution in [3.05, 3.63) is 40.9 Å². The summed E-state index contributed by atoms with van der Waals surface area (Å²) in [7, 11) is 0. The van der Waals surface area contributed by atoms with Gasteiger partial charge in [0, 0.05) is 0 Å². The number of benzene rings is 1. The second-order valence-corrected chi connectivity index (χ2v) is 5.01. The quantitative estimate of drug-likeness (QED) is 0.771. The third-order valence-electron chi connectivity index (χ3n) is 2.53. The topological polar surface area (TPSA) is 105 Å². The van der Waals surface area contributed by atoms with Crippen molar-refractivity contribution in [2.75, 3.05) is 5.73 Å². The maximum Gasteiger partial charge on any atom is 0.328 e. The van der Waals surface area contributed by atoms with Gasteiger partial charge in [0.05, 0.1) is 4.47 Å². The van der Waals surface area contributed by atoms with Crippen LogP contribution >= 0.6 is 15.9 Å². The van der Waals surface area contributed by atoms with Gasteiger partial charge in [-0.1, -0.05) is 6.07 Å². The molecule has 0 aliphatic heterocycles. The van der Waals surface area contributed by atoms with Crippen molar-refractivity contribution < 1.29 is 4.74 Å². The summed E-state index contributed by atoms with van der Waals surface area (Å²) in [5, 5.41) is 3.94. The highest BCUT2D eigenvalue weighted by atomic mass is 79.9. The molecule has 0 radical (unpaired) electrons. The molecule has 3 aromatic rings. The Morgan fingerprint density at radius 3 is 2.81 bits per heavy atom. The average Bonchev–Trinajstić information content (AvgIpc) is 2.95. The molecule has 0 aliphatic rings. The highest BCUT2D eigenvalue weighted by molar-refractivity contribution is 9.10. The number of nitrogen functional groups attached to an aromatic ring is 1.